The molecule has 0 radical (unpaired) electrons. The first-order valence-corrected chi connectivity index (χ1v) is 12.9. The maximum absolute atomic E-state index is 13.0. The second-order valence-electron chi connectivity index (χ2n) is 7.67. The minimum absolute atomic E-state index is 0.0592. The van der Waals surface area contributed by atoms with Crippen molar-refractivity contribution in [3.8, 4) is 0 Å². The summed E-state index contributed by atoms with van der Waals surface area (Å²) in [4.78, 5) is 26.0. The molecular formula is C27H21BrN2O4S. The molecule has 35 heavy (non-hydrogen) atoms. The summed E-state index contributed by atoms with van der Waals surface area (Å²) in [7, 11) is -2.32. The third-order valence-corrected chi connectivity index (χ3v) is 7.70. The van der Waals surface area contributed by atoms with Crippen LogP contribution >= 0.6 is 15.9 Å². The van der Waals surface area contributed by atoms with Gasteiger partial charge in [-0.05, 0) is 54.6 Å². The van der Waals surface area contributed by atoms with Crippen molar-refractivity contribution < 1.29 is 18.0 Å². The Hall–Kier alpha value is -3.75. The minimum atomic E-state index is -3.79. The van der Waals surface area contributed by atoms with Crippen molar-refractivity contribution in [1.29, 1.82) is 0 Å². The van der Waals surface area contributed by atoms with Gasteiger partial charge in [-0.15, -0.1) is 0 Å². The highest BCUT2D eigenvalue weighted by Crippen LogP contribution is 2.26. The lowest BCUT2D eigenvalue weighted by Crippen LogP contribution is -2.26. The van der Waals surface area contributed by atoms with Gasteiger partial charge < -0.3 is 5.32 Å². The third-order valence-electron chi connectivity index (χ3n) is 5.41. The predicted octanol–water partition coefficient (Wildman–Crippen LogP) is 5.76. The van der Waals surface area contributed by atoms with E-state index in [-0.39, 0.29) is 16.2 Å². The Labute approximate surface area is 212 Å². The Bertz CT molecular complexity index is 1470. The van der Waals surface area contributed by atoms with Crippen molar-refractivity contribution >= 4 is 49.0 Å². The molecular weight excluding hydrogens is 528 g/mol. The van der Waals surface area contributed by atoms with E-state index in [2.05, 4.69) is 21.2 Å². The number of benzene rings is 4. The van der Waals surface area contributed by atoms with E-state index in [0.717, 1.165) is 0 Å². The molecule has 0 spiro atoms. The molecule has 4 aromatic rings. The number of carbonyl (C=O) groups excluding carboxylic acids is 2. The molecule has 0 saturated heterocycles. The monoisotopic (exact) mass is 548 g/mol. The van der Waals surface area contributed by atoms with Gasteiger partial charge in [0.15, 0.2) is 5.78 Å². The van der Waals surface area contributed by atoms with Gasteiger partial charge in [-0.2, -0.15) is 0 Å². The number of ketones is 1. The predicted molar refractivity (Wildman–Crippen MR) is 140 cm³/mol. The highest BCUT2D eigenvalue weighted by Gasteiger charge is 2.22. The van der Waals surface area contributed by atoms with Crippen LogP contribution in [0.1, 0.15) is 26.3 Å². The van der Waals surface area contributed by atoms with E-state index in [9.17, 15) is 18.0 Å². The molecule has 0 heterocycles. The molecule has 0 aliphatic rings. The number of sulfonamides is 1. The second kappa shape index (κ2) is 10.2. The molecule has 0 bridgehead atoms. The van der Waals surface area contributed by atoms with E-state index in [1.165, 1.54) is 35.6 Å². The molecule has 4 rings (SSSR count). The molecule has 6 nitrogen and oxygen atoms in total. The van der Waals surface area contributed by atoms with Crippen molar-refractivity contribution in [3.05, 3.63) is 124 Å². The Morgan fingerprint density at radius 3 is 2.00 bits per heavy atom. The topological polar surface area (TPSA) is 83.6 Å². The highest BCUT2D eigenvalue weighted by molar-refractivity contribution is 9.10. The first kappa shape index (κ1) is 24.4. The minimum Gasteiger partial charge on any atom is -0.321 e. The van der Waals surface area contributed by atoms with E-state index in [0.29, 0.717) is 27.0 Å². The smallest absolute Gasteiger partial charge is 0.264 e. The Kier molecular flexibility index (Phi) is 7.14. The molecule has 8 heteroatoms. The van der Waals surface area contributed by atoms with Crippen LogP contribution in [-0.2, 0) is 10.0 Å². The Morgan fingerprint density at radius 1 is 0.771 bits per heavy atom. The summed E-state index contributed by atoms with van der Waals surface area (Å²) in [5.74, 6) is -0.692. The second-order valence-corrected chi connectivity index (χ2v) is 10.6. The van der Waals surface area contributed by atoms with Crippen LogP contribution < -0.4 is 9.62 Å². The van der Waals surface area contributed by atoms with Crippen LogP contribution in [0.3, 0.4) is 0 Å². The summed E-state index contributed by atoms with van der Waals surface area (Å²) < 4.78 is 27.8. The lowest BCUT2D eigenvalue weighted by molar-refractivity contribution is 0.102. The molecule has 1 amide bonds. The fourth-order valence-corrected chi connectivity index (χ4v) is 5.02. The van der Waals surface area contributed by atoms with Crippen molar-refractivity contribution in [2.45, 2.75) is 4.90 Å². The molecule has 176 valence electrons. The van der Waals surface area contributed by atoms with Gasteiger partial charge in [0.2, 0.25) is 0 Å². The number of anilines is 2. The number of carbonyl (C=O) groups is 2. The lowest BCUT2D eigenvalue weighted by Gasteiger charge is -2.19. The zero-order chi connectivity index (χ0) is 25.0. The van der Waals surface area contributed by atoms with Gasteiger partial charge in [-0.3, -0.25) is 13.9 Å². The fraction of sp³-hybridized carbons (Fsp3) is 0.0370. The number of hydrogen-bond donors (Lipinski definition) is 1. The Balaban J connectivity index is 1.56. The molecule has 0 aromatic heterocycles. The molecule has 0 fully saturated rings. The SMILES string of the molecule is CN(c1ccccc1)S(=O)(=O)c1ccc(C(=O)Nc2ccc(Br)cc2C(=O)c2ccccc2)cc1. The van der Waals surface area contributed by atoms with Gasteiger partial charge in [0.05, 0.1) is 16.3 Å². The van der Waals surface area contributed by atoms with Gasteiger partial charge in [0.25, 0.3) is 15.9 Å². The average Bonchev–Trinajstić information content (AvgIpc) is 2.89. The quantitative estimate of drug-likeness (QED) is 0.298. The maximum atomic E-state index is 13.0. The van der Waals surface area contributed by atoms with Crippen LogP contribution in [0, 0.1) is 0 Å². The van der Waals surface area contributed by atoms with E-state index >= 15 is 0 Å². The number of hydrogen-bond acceptors (Lipinski definition) is 4. The van der Waals surface area contributed by atoms with E-state index in [1.54, 1.807) is 66.7 Å². The van der Waals surface area contributed by atoms with Crippen LogP contribution in [0.15, 0.2) is 112 Å². The normalized spacial score (nSPS) is 11.0. The van der Waals surface area contributed by atoms with E-state index < -0.39 is 15.9 Å². The average molecular weight is 549 g/mol. The molecule has 0 saturated carbocycles. The number of para-hydroxylation sites is 1. The summed E-state index contributed by atoms with van der Waals surface area (Å²) in [5, 5.41) is 2.77. The van der Waals surface area contributed by atoms with Crippen LogP contribution in [0.25, 0.3) is 0 Å². The molecule has 1 N–H and O–H groups in total. The highest BCUT2D eigenvalue weighted by atomic mass is 79.9. The standard InChI is InChI=1S/C27H21BrN2O4S/c1-30(22-10-6-3-7-11-22)35(33,34)23-15-12-20(13-16-23)27(32)29-25-17-14-21(28)18-24(25)26(31)19-8-4-2-5-9-19/h2-18H,1H3,(H,29,32). The Morgan fingerprint density at radius 2 is 1.37 bits per heavy atom. The van der Waals surface area contributed by atoms with Crippen molar-refractivity contribution in [3.63, 3.8) is 0 Å². The van der Waals surface area contributed by atoms with Crippen molar-refractivity contribution in [1.82, 2.24) is 0 Å². The van der Waals surface area contributed by atoms with Crippen molar-refractivity contribution in [2.75, 3.05) is 16.7 Å². The summed E-state index contributed by atoms with van der Waals surface area (Å²) in [6.45, 7) is 0. The van der Waals surface area contributed by atoms with E-state index in [4.69, 9.17) is 0 Å². The van der Waals surface area contributed by atoms with Crippen LogP contribution in [-0.4, -0.2) is 27.2 Å². The number of nitrogens with one attached hydrogen (secondary N) is 1. The maximum Gasteiger partial charge on any atom is 0.264 e. The van der Waals surface area contributed by atoms with Crippen LogP contribution in [0.2, 0.25) is 0 Å². The number of amides is 1. The van der Waals surface area contributed by atoms with Crippen molar-refractivity contribution in [2.24, 2.45) is 0 Å². The summed E-state index contributed by atoms with van der Waals surface area (Å²) in [5.41, 5.74) is 1.97. The summed E-state index contributed by atoms with van der Waals surface area (Å²) in [6, 6.07) is 28.2. The molecule has 0 unspecified atom stereocenters. The third kappa shape index (κ3) is 5.34. The van der Waals surface area contributed by atoms with Gasteiger partial charge in [0, 0.05) is 28.2 Å². The lowest BCUT2D eigenvalue weighted by atomic mass is 10.0. The van der Waals surface area contributed by atoms with Crippen LogP contribution in [0.5, 0.6) is 0 Å². The van der Waals surface area contributed by atoms with Gasteiger partial charge in [0.1, 0.15) is 0 Å². The first-order chi connectivity index (χ1) is 16.8. The number of rotatable bonds is 7. The van der Waals surface area contributed by atoms with Gasteiger partial charge in [-0.25, -0.2) is 8.42 Å². The molecule has 4 aromatic carbocycles. The number of halogens is 1. The van der Waals surface area contributed by atoms with Gasteiger partial charge in [-0.1, -0.05) is 64.5 Å². The van der Waals surface area contributed by atoms with Gasteiger partial charge >= 0.3 is 0 Å². The largest absolute Gasteiger partial charge is 0.321 e. The zero-order valence-electron chi connectivity index (χ0n) is 18.7. The molecule has 0 aliphatic carbocycles. The molecule has 0 atom stereocenters. The fourth-order valence-electron chi connectivity index (χ4n) is 3.47. The summed E-state index contributed by atoms with van der Waals surface area (Å²) in [6.07, 6.45) is 0. The molecule has 0 aliphatic heterocycles. The first-order valence-electron chi connectivity index (χ1n) is 10.6. The van der Waals surface area contributed by atoms with E-state index in [1.807, 2.05) is 12.1 Å². The number of nitrogens with zero attached hydrogens (tertiary/aromatic N) is 1. The zero-order valence-corrected chi connectivity index (χ0v) is 21.1. The summed E-state index contributed by atoms with van der Waals surface area (Å²) >= 11 is 3.38. The van der Waals surface area contributed by atoms with Crippen LogP contribution in [0.4, 0.5) is 11.4 Å².